The first-order valence-corrected chi connectivity index (χ1v) is 18.4. The lowest BCUT2D eigenvalue weighted by Crippen LogP contribution is -2.25. The molecule has 1 unspecified atom stereocenters. The van der Waals surface area contributed by atoms with Crippen LogP contribution in [0.15, 0.2) is 36.5 Å². The van der Waals surface area contributed by atoms with Crippen LogP contribution in [0.2, 0.25) is 0 Å². The topological polar surface area (TPSA) is 12.5 Å². The first kappa shape index (κ1) is 40.1. The summed E-state index contributed by atoms with van der Waals surface area (Å²) in [4.78, 5) is 2.30. The number of nitrogens with zero attached hydrogens (tertiary/aromatic N) is 1. The summed E-state index contributed by atoms with van der Waals surface area (Å²) in [5, 5.41) is 0. The fourth-order valence-corrected chi connectivity index (χ4v) is 5.59. The van der Waals surface area contributed by atoms with E-state index in [0.29, 0.717) is 12.0 Å². The van der Waals surface area contributed by atoms with E-state index >= 15 is 0 Å². The summed E-state index contributed by atoms with van der Waals surface area (Å²) >= 11 is 0. The molecule has 0 saturated carbocycles. The molecule has 2 heteroatoms. The zero-order valence-corrected chi connectivity index (χ0v) is 28.9. The Morgan fingerprint density at radius 2 is 0.878 bits per heavy atom. The molecule has 0 aliphatic rings. The van der Waals surface area contributed by atoms with Gasteiger partial charge in [-0.3, -0.25) is 0 Å². The first-order valence-electron chi connectivity index (χ1n) is 18.4. The van der Waals surface area contributed by atoms with E-state index in [1.54, 1.807) is 0 Å². The number of allylic oxidation sites excluding steroid dienone is 6. The molecule has 0 heterocycles. The Hall–Kier alpha value is -0.860. The van der Waals surface area contributed by atoms with E-state index in [1.807, 2.05) is 0 Å². The van der Waals surface area contributed by atoms with Crippen LogP contribution in [0.4, 0.5) is 0 Å². The molecule has 0 aliphatic heterocycles. The zero-order valence-electron chi connectivity index (χ0n) is 28.9. The van der Waals surface area contributed by atoms with Gasteiger partial charge < -0.3 is 9.64 Å². The molecule has 0 bridgehead atoms. The molecule has 0 radical (unpaired) electrons. The molecule has 1 atom stereocenters. The third-order valence-corrected chi connectivity index (χ3v) is 8.28. The second-order valence-electron chi connectivity index (χ2n) is 12.7. The highest BCUT2D eigenvalue weighted by Gasteiger charge is 2.21. The average molecular weight is 574 g/mol. The van der Waals surface area contributed by atoms with Crippen LogP contribution in [0.3, 0.4) is 0 Å². The third-order valence-electron chi connectivity index (χ3n) is 8.28. The van der Waals surface area contributed by atoms with Crippen LogP contribution < -0.4 is 0 Å². The lowest BCUT2D eigenvalue weighted by molar-refractivity contribution is -0.00271. The number of hydrogen-bond acceptors (Lipinski definition) is 2. The minimum atomic E-state index is 0.430. The van der Waals surface area contributed by atoms with Gasteiger partial charge in [0.25, 0.3) is 0 Å². The van der Waals surface area contributed by atoms with Crippen LogP contribution in [0.1, 0.15) is 175 Å². The van der Waals surface area contributed by atoms with Crippen molar-refractivity contribution in [2.24, 2.45) is 5.92 Å². The molecule has 0 aliphatic carbocycles. The molecular formula is C39H75NO. The van der Waals surface area contributed by atoms with Crippen LogP contribution in [-0.4, -0.2) is 38.3 Å². The molecule has 242 valence electrons. The number of unbranched alkanes of at least 4 members (excludes halogenated alkanes) is 14. The Bertz CT molecular complexity index is 552. The Morgan fingerprint density at radius 3 is 1.29 bits per heavy atom. The maximum atomic E-state index is 6.74. The smallest absolute Gasteiger partial charge is 0.0603 e. The minimum absolute atomic E-state index is 0.430. The maximum absolute atomic E-state index is 6.74. The number of hydrogen-bond donors (Lipinski definition) is 0. The Labute approximate surface area is 259 Å². The van der Waals surface area contributed by atoms with E-state index in [4.69, 9.17) is 4.74 Å². The molecule has 0 rings (SSSR count). The minimum Gasteiger partial charge on any atom is -0.378 e. The van der Waals surface area contributed by atoms with Crippen LogP contribution in [-0.2, 0) is 4.74 Å². The maximum Gasteiger partial charge on any atom is 0.0603 e. The average Bonchev–Trinajstić information content (AvgIpc) is 2.96. The second-order valence-corrected chi connectivity index (χ2v) is 12.7. The molecule has 2 nitrogen and oxygen atoms in total. The van der Waals surface area contributed by atoms with Crippen molar-refractivity contribution in [1.29, 1.82) is 0 Å². The van der Waals surface area contributed by atoms with E-state index in [0.717, 1.165) is 6.61 Å². The van der Waals surface area contributed by atoms with Crippen molar-refractivity contribution in [2.75, 3.05) is 27.2 Å². The third kappa shape index (κ3) is 30.4. The van der Waals surface area contributed by atoms with Gasteiger partial charge in [0.2, 0.25) is 0 Å². The van der Waals surface area contributed by atoms with Gasteiger partial charge in [0, 0.05) is 6.61 Å². The summed E-state index contributed by atoms with van der Waals surface area (Å²) in [6.07, 6.45) is 46.1. The normalized spacial score (nSPS) is 13.9. The summed E-state index contributed by atoms with van der Waals surface area (Å²) in [7, 11) is 4.35. The SMILES string of the molecule is CCCCCC=CCCCC(CCCC=CCCCCC)C(CCCC=CCCCCC)OCCCCCN(C)C. The van der Waals surface area contributed by atoms with E-state index in [2.05, 4.69) is 76.2 Å². The van der Waals surface area contributed by atoms with Crippen LogP contribution in [0, 0.1) is 5.92 Å². The van der Waals surface area contributed by atoms with Crippen molar-refractivity contribution in [3.05, 3.63) is 36.5 Å². The highest BCUT2D eigenvalue weighted by Crippen LogP contribution is 2.27. The Morgan fingerprint density at radius 1 is 0.463 bits per heavy atom. The van der Waals surface area contributed by atoms with Crippen molar-refractivity contribution in [3.8, 4) is 0 Å². The largest absolute Gasteiger partial charge is 0.378 e. The van der Waals surface area contributed by atoms with Gasteiger partial charge in [-0.25, -0.2) is 0 Å². The van der Waals surface area contributed by atoms with E-state index in [9.17, 15) is 0 Å². The number of rotatable bonds is 32. The predicted molar refractivity (Wildman–Crippen MR) is 187 cm³/mol. The summed E-state index contributed by atoms with van der Waals surface area (Å²) in [5.74, 6) is 0.701. The van der Waals surface area contributed by atoms with Gasteiger partial charge in [-0.05, 0) is 142 Å². The van der Waals surface area contributed by atoms with Gasteiger partial charge >= 0.3 is 0 Å². The van der Waals surface area contributed by atoms with Gasteiger partial charge in [0.15, 0.2) is 0 Å². The second kappa shape index (κ2) is 33.6. The van der Waals surface area contributed by atoms with Crippen molar-refractivity contribution in [3.63, 3.8) is 0 Å². The molecule has 0 N–H and O–H groups in total. The van der Waals surface area contributed by atoms with Crippen LogP contribution in [0.25, 0.3) is 0 Å². The van der Waals surface area contributed by atoms with E-state index in [-0.39, 0.29) is 0 Å². The fraction of sp³-hybridized carbons (Fsp3) is 0.846. The molecule has 0 aromatic rings. The summed E-state index contributed by atoms with van der Waals surface area (Å²) < 4.78 is 6.74. The first-order chi connectivity index (χ1) is 20.2. The summed E-state index contributed by atoms with van der Waals surface area (Å²) in [5.41, 5.74) is 0. The zero-order chi connectivity index (χ0) is 30.1. The number of ether oxygens (including phenoxy) is 1. The molecule has 41 heavy (non-hydrogen) atoms. The molecule has 0 saturated heterocycles. The lowest BCUT2D eigenvalue weighted by atomic mass is 9.87. The molecule has 0 spiro atoms. The molecule has 0 aromatic heterocycles. The van der Waals surface area contributed by atoms with Gasteiger partial charge in [-0.1, -0.05) is 95.8 Å². The van der Waals surface area contributed by atoms with Gasteiger partial charge in [-0.15, -0.1) is 0 Å². The van der Waals surface area contributed by atoms with Crippen molar-refractivity contribution in [1.82, 2.24) is 4.90 Å². The van der Waals surface area contributed by atoms with Crippen molar-refractivity contribution >= 4 is 0 Å². The van der Waals surface area contributed by atoms with Gasteiger partial charge in [0.1, 0.15) is 0 Å². The Balaban J connectivity index is 4.95. The molecular weight excluding hydrogens is 498 g/mol. The van der Waals surface area contributed by atoms with Gasteiger partial charge in [-0.2, -0.15) is 0 Å². The Kier molecular flexibility index (Phi) is 32.9. The highest BCUT2D eigenvalue weighted by atomic mass is 16.5. The van der Waals surface area contributed by atoms with Crippen LogP contribution in [0.5, 0.6) is 0 Å². The van der Waals surface area contributed by atoms with E-state index < -0.39 is 0 Å². The van der Waals surface area contributed by atoms with E-state index in [1.165, 1.54) is 161 Å². The van der Waals surface area contributed by atoms with Crippen LogP contribution >= 0.6 is 0 Å². The molecule has 0 aromatic carbocycles. The van der Waals surface area contributed by atoms with Crippen molar-refractivity contribution < 1.29 is 4.74 Å². The molecule has 0 fully saturated rings. The summed E-state index contributed by atoms with van der Waals surface area (Å²) in [6.45, 7) is 9.00. The van der Waals surface area contributed by atoms with Gasteiger partial charge in [0.05, 0.1) is 6.10 Å². The predicted octanol–water partition coefficient (Wildman–Crippen LogP) is 12.6. The monoisotopic (exact) mass is 574 g/mol. The van der Waals surface area contributed by atoms with Crippen molar-refractivity contribution in [2.45, 2.75) is 181 Å². The molecule has 0 amide bonds. The summed E-state index contributed by atoms with van der Waals surface area (Å²) in [6, 6.07) is 0. The quantitative estimate of drug-likeness (QED) is 0.0586. The standard InChI is InChI=1S/C39H75NO/c1-6-9-12-15-18-21-24-28-33-38(34-29-25-22-19-16-13-10-7-2)39(41-37-32-27-31-36-40(4)5)35-30-26-23-20-17-14-11-8-3/h18-23,38-39H,6-17,24-37H2,1-5H3. The highest BCUT2D eigenvalue weighted by molar-refractivity contribution is 4.85. The fourth-order valence-electron chi connectivity index (χ4n) is 5.59. The lowest BCUT2D eigenvalue weighted by Gasteiger charge is -2.28.